The lowest BCUT2D eigenvalue weighted by Crippen LogP contribution is -2.55. The summed E-state index contributed by atoms with van der Waals surface area (Å²) in [4.78, 5) is 0. The van der Waals surface area contributed by atoms with Crippen LogP contribution in [0.1, 0.15) is 72.3 Å². The third kappa shape index (κ3) is 5.24. The normalized spacial score (nSPS) is 30.2. The second-order valence-electron chi connectivity index (χ2n) is 12.6. The summed E-state index contributed by atoms with van der Waals surface area (Å²) in [6.07, 6.45) is 5.44. The topological polar surface area (TPSA) is 27.7 Å². The van der Waals surface area contributed by atoms with Crippen molar-refractivity contribution in [3.63, 3.8) is 0 Å². The Morgan fingerprint density at radius 1 is 1.03 bits per heavy atom. The number of methoxy groups -OCH3 is 1. The first-order valence-electron chi connectivity index (χ1n) is 13.0. The van der Waals surface area contributed by atoms with E-state index >= 15 is 0 Å². The van der Waals surface area contributed by atoms with Gasteiger partial charge in [0, 0.05) is 12.5 Å². The first kappa shape index (κ1) is 27.2. The summed E-state index contributed by atoms with van der Waals surface area (Å²) in [5.41, 5.74) is 4.00. The number of hydrogen-bond acceptors (Lipinski definition) is 3. The summed E-state index contributed by atoms with van der Waals surface area (Å²) in [5.74, 6) is 1.24. The highest BCUT2D eigenvalue weighted by molar-refractivity contribution is 6.74. The monoisotopic (exact) mass is 484 g/mol. The standard InChI is InChI=1S/C30H48O3Si/c1-22-11-16-26(32-21-24-12-14-25(31-8)15-13-24)27-29(22,6)18-17-23(2)30(27,7)19-20-33-34(9,10)28(3,4)5/h12-15,26-27H,1-2,11,16-21H2,3-10H3/t26-,27-,29-,30-/m0/s1. The van der Waals surface area contributed by atoms with Gasteiger partial charge in [-0.25, -0.2) is 0 Å². The zero-order valence-corrected chi connectivity index (χ0v) is 24.1. The largest absolute Gasteiger partial charge is 0.497 e. The first-order valence-corrected chi connectivity index (χ1v) is 15.9. The lowest BCUT2D eigenvalue weighted by atomic mass is 9.47. The number of benzene rings is 1. The molecule has 0 aliphatic heterocycles. The molecule has 3 rings (SSSR count). The number of rotatable bonds is 8. The molecule has 0 unspecified atom stereocenters. The summed E-state index contributed by atoms with van der Waals surface area (Å²) in [5, 5.41) is 0.217. The van der Waals surface area contributed by atoms with Gasteiger partial charge >= 0.3 is 0 Å². The fourth-order valence-corrected chi connectivity index (χ4v) is 6.98. The van der Waals surface area contributed by atoms with E-state index in [9.17, 15) is 0 Å². The fraction of sp³-hybridized carbons (Fsp3) is 0.667. The van der Waals surface area contributed by atoms with Crippen LogP contribution in [0.5, 0.6) is 5.75 Å². The third-order valence-corrected chi connectivity index (χ3v) is 14.1. The van der Waals surface area contributed by atoms with E-state index in [1.54, 1.807) is 7.11 Å². The second-order valence-corrected chi connectivity index (χ2v) is 17.4. The van der Waals surface area contributed by atoms with Crippen molar-refractivity contribution >= 4 is 8.32 Å². The molecule has 4 heteroatoms. The van der Waals surface area contributed by atoms with Gasteiger partial charge in [0.15, 0.2) is 8.32 Å². The lowest BCUT2D eigenvalue weighted by Gasteiger charge is -2.59. The van der Waals surface area contributed by atoms with Crippen LogP contribution >= 0.6 is 0 Å². The van der Waals surface area contributed by atoms with E-state index < -0.39 is 8.32 Å². The molecule has 0 radical (unpaired) electrons. The minimum Gasteiger partial charge on any atom is -0.497 e. The average molecular weight is 485 g/mol. The van der Waals surface area contributed by atoms with Gasteiger partial charge in [-0.3, -0.25) is 0 Å². The Kier molecular flexibility index (Phi) is 7.97. The van der Waals surface area contributed by atoms with Crippen LogP contribution < -0.4 is 4.74 Å². The number of allylic oxidation sites excluding steroid dienone is 2. The van der Waals surface area contributed by atoms with E-state index in [0.717, 1.165) is 44.5 Å². The first-order chi connectivity index (χ1) is 15.7. The SMILES string of the molecule is C=C1CC[C@@]2(C)C(=C)CC[C@H](OCc3ccc(OC)cc3)[C@@H]2[C@@]1(C)CCO[Si](C)(C)C(C)(C)C. The Morgan fingerprint density at radius 2 is 1.68 bits per heavy atom. The van der Waals surface area contributed by atoms with E-state index in [-0.39, 0.29) is 22.0 Å². The van der Waals surface area contributed by atoms with E-state index in [1.165, 1.54) is 16.7 Å². The Labute approximate surface area is 210 Å². The van der Waals surface area contributed by atoms with Gasteiger partial charge in [0.05, 0.1) is 19.8 Å². The molecule has 2 saturated carbocycles. The number of hydrogen-bond donors (Lipinski definition) is 0. The van der Waals surface area contributed by atoms with Gasteiger partial charge in [0.2, 0.25) is 0 Å². The molecule has 34 heavy (non-hydrogen) atoms. The van der Waals surface area contributed by atoms with E-state index in [0.29, 0.717) is 12.5 Å². The predicted octanol–water partition coefficient (Wildman–Crippen LogP) is 8.32. The highest BCUT2D eigenvalue weighted by Gasteiger charge is 2.56. The van der Waals surface area contributed by atoms with Crippen molar-refractivity contribution < 1.29 is 13.9 Å². The second kappa shape index (κ2) is 9.95. The maximum atomic E-state index is 6.72. The van der Waals surface area contributed by atoms with Crippen LogP contribution in [0.25, 0.3) is 0 Å². The molecule has 2 aliphatic carbocycles. The van der Waals surface area contributed by atoms with Crippen LogP contribution in [0, 0.1) is 16.7 Å². The zero-order valence-electron chi connectivity index (χ0n) is 23.1. The molecule has 0 heterocycles. The van der Waals surface area contributed by atoms with Gasteiger partial charge in [0.1, 0.15) is 5.75 Å². The maximum Gasteiger partial charge on any atom is 0.191 e. The predicted molar refractivity (Wildman–Crippen MR) is 146 cm³/mol. The van der Waals surface area contributed by atoms with Crippen LogP contribution in [0.15, 0.2) is 48.6 Å². The van der Waals surface area contributed by atoms with Crippen molar-refractivity contribution in [3.8, 4) is 5.75 Å². The third-order valence-electron chi connectivity index (χ3n) is 9.55. The molecule has 0 saturated heterocycles. The molecule has 2 fully saturated rings. The molecule has 190 valence electrons. The van der Waals surface area contributed by atoms with Gasteiger partial charge in [-0.15, -0.1) is 0 Å². The van der Waals surface area contributed by atoms with Crippen LogP contribution in [0.2, 0.25) is 18.1 Å². The van der Waals surface area contributed by atoms with Gasteiger partial charge in [-0.05, 0) is 78.8 Å². The Hall–Kier alpha value is -1.36. The molecule has 1 aromatic rings. The molecular weight excluding hydrogens is 436 g/mol. The van der Waals surface area contributed by atoms with Gasteiger partial charge in [-0.2, -0.15) is 0 Å². The molecule has 4 atom stereocenters. The molecule has 0 aromatic heterocycles. The Bertz CT molecular complexity index is 881. The minimum absolute atomic E-state index is 0.0245. The van der Waals surface area contributed by atoms with E-state index in [2.05, 4.69) is 73.0 Å². The van der Waals surface area contributed by atoms with Crippen LogP contribution in [0.3, 0.4) is 0 Å². The van der Waals surface area contributed by atoms with Crippen LogP contribution in [-0.2, 0) is 15.8 Å². The molecule has 3 nitrogen and oxygen atoms in total. The van der Waals surface area contributed by atoms with E-state index in [4.69, 9.17) is 13.9 Å². The van der Waals surface area contributed by atoms with Crippen molar-refractivity contribution in [1.29, 1.82) is 0 Å². The average Bonchev–Trinajstić information content (AvgIpc) is 2.76. The van der Waals surface area contributed by atoms with Crippen molar-refractivity contribution in [2.45, 2.75) is 97.6 Å². The van der Waals surface area contributed by atoms with Gasteiger partial charge < -0.3 is 13.9 Å². The van der Waals surface area contributed by atoms with Gasteiger partial charge in [-0.1, -0.05) is 71.1 Å². The fourth-order valence-electron chi connectivity index (χ4n) is 5.93. The van der Waals surface area contributed by atoms with Crippen LogP contribution in [-0.4, -0.2) is 28.1 Å². The highest BCUT2D eigenvalue weighted by Crippen LogP contribution is 2.62. The summed E-state index contributed by atoms with van der Waals surface area (Å²) >= 11 is 0. The van der Waals surface area contributed by atoms with E-state index in [1.807, 2.05) is 12.1 Å². The molecular formula is C30H48O3Si. The van der Waals surface area contributed by atoms with Crippen molar-refractivity contribution in [2.24, 2.45) is 16.7 Å². The molecule has 2 aliphatic rings. The molecule has 0 N–H and O–H groups in total. The summed E-state index contributed by atoms with van der Waals surface area (Å²) < 4.78 is 18.7. The Morgan fingerprint density at radius 3 is 2.26 bits per heavy atom. The van der Waals surface area contributed by atoms with Crippen molar-refractivity contribution in [3.05, 3.63) is 54.1 Å². The lowest BCUT2D eigenvalue weighted by molar-refractivity contribution is -0.111. The summed E-state index contributed by atoms with van der Waals surface area (Å²) in [6, 6.07) is 8.23. The highest BCUT2D eigenvalue weighted by atomic mass is 28.4. The maximum absolute atomic E-state index is 6.72. The number of fused-ring (bicyclic) bond motifs is 1. The zero-order chi connectivity index (χ0) is 25.4. The summed E-state index contributed by atoms with van der Waals surface area (Å²) in [6.45, 7) is 27.1. The quantitative estimate of drug-likeness (QED) is 0.274. The molecule has 0 spiro atoms. The molecule has 0 amide bonds. The minimum atomic E-state index is -1.79. The molecule has 0 bridgehead atoms. The summed E-state index contributed by atoms with van der Waals surface area (Å²) in [7, 11) is -0.0918. The smallest absolute Gasteiger partial charge is 0.191 e. The van der Waals surface area contributed by atoms with Crippen molar-refractivity contribution in [2.75, 3.05) is 13.7 Å². The van der Waals surface area contributed by atoms with Crippen molar-refractivity contribution in [1.82, 2.24) is 0 Å². The molecule has 1 aromatic carbocycles. The Balaban J connectivity index is 1.82. The van der Waals surface area contributed by atoms with Gasteiger partial charge in [0.25, 0.3) is 0 Å². The van der Waals surface area contributed by atoms with Crippen LogP contribution in [0.4, 0.5) is 0 Å². The number of ether oxygens (including phenoxy) is 2.